The summed E-state index contributed by atoms with van der Waals surface area (Å²) in [6, 6.07) is 9.83. The Morgan fingerprint density at radius 3 is 2.78 bits per heavy atom. The molecule has 1 heterocycles. The average molecular weight is 312 g/mol. The van der Waals surface area contributed by atoms with Crippen molar-refractivity contribution in [2.24, 2.45) is 0 Å². The Balaban J connectivity index is 2.03. The summed E-state index contributed by atoms with van der Waals surface area (Å²) >= 11 is 3.10. The third kappa shape index (κ3) is 3.10. The Morgan fingerprint density at radius 2 is 2.11 bits per heavy atom. The number of cyclic esters (lactones) is 1. The number of benzene rings is 1. The normalized spacial score (nSPS) is 18.8. The van der Waals surface area contributed by atoms with Gasteiger partial charge in [0.15, 0.2) is 5.78 Å². The first-order chi connectivity index (χ1) is 8.70. The van der Waals surface area contributed by atoms with E-state index in [0.29, 0.717) is 13.0 Å². The smallest absolute Gasteiger partial charge is 0.410 e. The Hall–Kier alpha value is -1.36. The second-order valence-corrected chi connectivity index (χ2v) is 4.78. The van der Waals surface area contributed by atoms with Crippen molar-refractivity contribution in [2.75, 3.05) is 18.5 Å². The van der Waals surface area contributed by atoms with Gasteiger partial charge in [-0.05, 0) is 12.0 Å². The molecular formula is C13H14BrNO3. The first-order valence-electron chi connectivity index (χ1n) is 5.75. The second-order valence-electron chi connectivity index (χ2n) is 4.22. The fourth-order valence-electron chi connectivity index (χ4n) is 1.97. The number of ether oxygens (including phenoxy) is 1. The Kier molecular flexibility index (Phi) is 4.36. The molecule has 4 nitrogen and oxygen atoms in total. The van der Waals surface area contributed by atoms with E-state index in [-0.39, 0.29) is 23.7 Å². The predicted molar refractivity (Wildman–Crippen MR) is 70.8 cm³/mol. The topological polar surface area (TPSA) is 46.6 Å². The second kappa shape index (κ2) is 6.00. The number of nitrogens with zero attached hydrogens (tertiary/aromatic N) is 1. The van der Waals surface area contributed by atoms with Gasteiger partial charge >= 0.3 is 6.09 Å². The number of carbonyl (C=O) groups excluding carboxylic acids is 2. The summed E-state index contributed by atoms with van der Waals surface area (Å²) in [5.74, 6) is -0.0214. The van der Waals surface area contributed by atoms with Crippen molar-refractivity contribution in [1.82, 2.24) is 4.90 Å². The van der Waals surface area contributed by atoms with Crippen molar-refractivity contribution >= 4 is 27.8 Å². The lowest BCUT2D eigenvalue weighted by molar-refractivity contribution is -0.117. The number of Topliss-reactive ketones (excluding diaryl/α,β-unsaturated/α-hetero) is 1. The summed E-state index contributed by atoms with van der Waals surface area (Å²) in [5.41, 5.74) is 1.14. The number of amides is 1. The molecule has 0 N–H and O–H groups in total. The van der Waals surface area contributed by atoms with E-state index < -0.39 is 6.09 Å². The molecule has 1 aromatic carbocycles. The number of hydrogen-bond acceptors (Lipinski definition) is 3. The molecule has 0 aromatic heterocycles. The maximum Gasteiger partial charge on any atom is 0.410 e. The number of hydrogen-bond donors (Lipinski definition) is 0. The van der Waals surface area contributed by atoms with Gasteiger partial charge in [-0.1, -0.05) is 46.3 Å². The molecule has 0 bridgehead atoms. The van der Waals surface area contributed by atoms with E-state index in [4.69, 9.17) is 4.74 Å². The highest BCUT2D eigenvalue weighted by Gasteiger charge is 2.33. The van der Waals surface area contributed by atoms with Gasteiger partial charge in [-0.25, -0.2) is 4.79 Å². The zero-order valence-electron chi connectivity index (χ0n) is 9.84. The molecule has 1 aliphatic heterocycles. The van der Waals surface area contributed by atoms with Gasteiger partial charge < -0.3 is 4.74 Å². The zero-order valence-corrected chi connectivity index (χ0v) is 11.4. The van der Waals surface area contributed by atoms with Crippen molar-refractivity contribution in [3.63, 3.8) is 0 Å². The molecule has 0 radical (unpaired) electrons. The average Bonchev–Trinajstić information content (AvgIpc) is 2.72. The van der Waals surface area contributed by atoms with Gasteiger partial charge in [0.1, 0.15) is 6.61 Å². The summed E-state index contributed by atoms with van der Waals surface area (Å²) in [6.45, 7) is 0.463. The first-order valence-corrected chi connectivity index (χ1v) is 6.88. The fraction of sp³-hybridized carbons (Fsp3) is 0.385. The molecule has 96 valence electrons. The fourth-order valence-corrected chi connectivity index (χ4v) is 2.15. The van der Waals surface area contributed by atoms with Gasteiger partial charge in [0, 0.05) is 0 Å². The molecule has 0 spiro atoms. The Bertz CT molecular complexity index is 435. The van der Waals surface area contributed by atoms with Gasteiger partial charge in [-0.2, -0.15) is 0 Å². The summed E-state index contributed by atoms with van der Waals surface area (Å²) in [7, 11) is 0. The molecule has 0 unspecified atom stereocenters. The van der Waals surface area contributed by atoms with Crippen LogP contribution in [-0.2, 0) is 16.0 Å². The van der Waals surface area contributed by atoms with Crippen LogP contribution in [0.3, 0.4) is 0 Å². The minimum absolute atomic E-state index is 0.0214. The highest BCUT2D eigenvalue weighted by molar-refractivity contribution is 9.09. The van der Waals surface area contributed by atoms with Crippen molar-refractivity contribution < 1.29 is 14.3 Å². The van der Waals surface area contributed by atoms with Crippen LogP contribution in [0.2, 0.25) is 0 Å². The Morgan fingerprint density at radius 1 is 1.39 bits per heavy atom. The molecule has 1 aromatic rings. The largest absolute Gasteiger partial charge is 0.447 e. The maximum absolute atomic E-state index is 11.6. The van der Waals surface area contributed by atoms with Gasteiger partial charge in [-0.3, -0.25) is 9.69 Å². The van der Waals surface area contributed by atoms with E-state index in [1.807, 2.05) is 30.3 Å². The van der Waals surface area contributed by atoms with Crippen molar-refractivity contribution in [1.29, 1.82) is 0 Å². The minimum atomic E-state index is -0.398. The van der Waals surface area contributed by atoms with Crippen molar-refractivity contribution in [3.05, 3.63) is 35.9 Å². The van der Waals surface area contributed by atoms with Crippen LogP contribution in [0.1, 0.15) is 5.56 Å². The van der Waals surface area contributed by atoms with Crippen LogP contribution < -0.4 is 0 Å². The molecule has 1 amide bonds. The number of carbonyl (C=O) groups is 2. The molecule has 1 saturated heterocycles. The van der Waals surface area contributed by atoms with Gasteiger partial charge in [0.05, 0.1) is 17.9 Å². The Labute approximate surface area is 114 Å². The van der Waals surface area contributed by atoms with Gasteiger partial charge in [-0.15, -0.1) is 0 Å². The lowest BCUT2D eigenvalue weighted by Gasteiger charge is -2.20. The molecule has 1 atom stereocenters. The van der Waals surface area contributed by atoms with Crippen LogP contribution in [0, 0.1) is 0 Å². The maximum atomic E-state index is 11.6. The number of rotatable bonds is 5. The van der Waals surface area contributed by atoms with Crippen molar-refractivity contribution in [3.8, 4) is 0 Å². The quantitative estimate of drug-likeness (QED) is 0.782. The van der Waals surface area contributed by atoms with E-state index in [1.165, 1.54) is 4.90 Å². The lowest BCUT2D eigenvalue weighted by Crippen LogP contribution is -2.39. The summed E-state index contributed by atoms with van der Waals surface area (Å²) in [4.78, 5) is 24.5. The predicted octanol–water partition coefficient (Wildman–Crippen LogP) is 2.01. The van der Waals surface area contributed by atoms with Gasteiger partial charge in [0.2, 0.25) is 0 Å². The van der Waals surface area contributed by atoms with Gasteiger partial charge in [0.25, 0.3) is 0 Å². The van der Waals surface area contributed by atoms with E-state index >= 15 is 0 Å². The van der Waals surface area contributed by atoms with Crippen LogP contribution in [0.4, 0.5) is 4.79 Å². The molecule has 0 aliphatic carbocycles. The van der Waals surface area contributed by atoms with Crippen LogP contribution >= 0.6 is 15.9 Å². The first kappa shape index (κ1) is 13.1. The standard InChI is InChI=1S/C13H14BrNO3/c14-7-12(16)8-15-11(9-18-13(15)17)6-10-4-2-1-3-5-10/h1-5,11H,6-9H2/t11-/m0/s1. The third-order valence-electron chi connectivity index (χ3n) is 2.88. The summed E-state index contributed by atoms with van der Waals surface area (Å²) < 4.78 is 5.02. The highest BCUT2D eigenvalue weighted by atomic mass is 79.9. The SMILES string of the molecule is O=C(CBr)CN1C(=O)OC[C@@H]1Cc1ccccc1. The summed E-state index contributed by atoms with van der Waals surface area (Å²) in [6.07, 6.45) is 0.313. The molecule has 0 saturated carbocycles. The van der Waals surface area contributed by atoms with Crippen LogP contribution in [0.15, 0.2) is 30.3 Å². The molecule has 1 aliphatic rings. The van der Waals surface area contributed by atoms with Crippen molar-refractivity contribution in [2.45, 2.75) is 12.5 Å². The molecule has 2 rings (SSSR count). The van der Waals surface area contributed by atoms with Crippen LogP contribution in [0.25, 0.3) is 0 Å². The summed E-state index contributed by atoms with van der Waals surface area (Å²) in [5, 5.41) is 0.259. The van der Waals surface area contributed by atoms with E-state index in [0.717, 1.165) is 5.56 Å². The lowest BCUT2D eigenvalue weighted by atomic mass is 10.1. The van der Waals surface area contributed by atoms with Crippen LogP contribution in [-0.4, -0.2) is 41.3 Å². The van der Waals surface area contributed by atoms with E-state index in [9.17, 15) is 9.59 Å². The third-order valence-corrected chi connectivity index (χ3v) is 3.51. The minimum Gasteiger partial charge on any atom is -0.447 e. The van der Waals surface area contributed by atoms with E-state index in [2.05, 4.69) is 15.9 Å². The molecule has 18 heavy (non-hydrogen) atoms. The monoisotopic (exact) mass is 311 g/mol. The van der Waals surface area contributed by atoms with E-state index in [1.54, 1.807) is 0 Å². The number of halogens is 1. The number of alkyl halides is 1. The number of ketones is 1. The molecular weight excluding hydrogens is 298 g/mol. The van der Waals surface area contributed by atoms with Crippen LogP contribution in [0.5, 0.6) is 0 Å². The molecule has 1 fully saturated rings. The zero-order chi connectivity index (χ0) is 13.0. The molecule has 5 heteroatoms. The highest BCUT2D eigenvalue weighted by Crippen LogP contribution is 2.17.